The quantitative estimate of drug-likeness (QED) is 0.183. The van der Waals surface area contributed by atoms with E-state index in [4.69, 9.17) is 4.42 Å². The van der Waals surface area contributed by atoms with Crippen molar-refractivity contribution in [1.29, 1.82) is 0 Å². The van der Waals surface area contributed by atoms with Crippen LogP contribution < -0.4 is 4.90 Å². The van der Waals surface area contributed by atoms with Crippen LogP contribution in [0.25, 0.3) is 76.2 Å². The molecule has 48 heavy (non-hydrogen) atoms. The van der Waals surface area contributed by atoms with Crippen molar-refractivity contribution in [3.05, 3.63) is 176 Å². The smallest absolute Gasteiger partial charge is 0.159 e. The first kappa shape index (κ1) is 23.0. The number of furan rings is 1. The van der Waals surface area contributed by atoms with E-state index >= 15 is 0 Å². The maximum Gasteiger partial charge on any atom is 0.159 e. The highest BCUT2D eigenvalue weighted by atomic mass is 16.3. The van der Waals surface area contributed by atoms with Crippen LogP contribution in [0.15, 0.2) is 180 Å². The molecule has 9 aromatic carbocycles. The molecular weight excluding hydrogens is 583 g/mol. The summed E-state index contributed by atoms with van der Waals surface area (Å²) in [6, 6.07) is 49.9. The van der Waals surface area contributed by atoms with Gasteiger partial charge >= 0.3 is 0 Å². The van der Waals surface area contributed by atoms with Crippen LogP contribution in [-0.2, 0) is 0 Å². The highest BCUT2D eigenvalue weighted by molar-refractivity contribution is 6.17. The molecule has 0 aliphatic heterocycles. The lowest BCUT2D eigenvalue weighted by atomic mass is 9.97. The Morgan fingerprint density at radius 3 is 1.83 bits per heavy atom. The van der Waals surface area contributed by atoms with Gasteiger partial charge in [-0.2, -0.15) is 0 Å². The first-order valence-electron chi connectivity index (χ1n) is 18.1. The minimum atomic E-state index is -0.139. The van der Waals surface area contributed by atoms with Gasteiger partial charge in [0, 0.05) is 21.8 Å². The topological polar surface area (TPSA) is 16.4 Å². The zero-order chi connectivity index (χ0) is 35.1. The van der Waals surface area contributed by atoms with Gasteiger partial charge in [-0.1, -0.05) is 139 Å². The molecule has 2 heteroatoms. The molecule has 0 unspecified atom stereocenters. The molecule has 0 atom stereocenters. The predicted octanol–water partition coefficient (Wildman–Crippen LogP) is 13.3. The largest absolute Gasteiger partial charge is 0.454 e. The summed E-state index contributed by atoms with van der Waals surface area (Å²) in [7, 11) is 0. The van der Waals surface area contributed by atoms with Gasteiger partial charge in [-0.3, -0.25) is 0 Å². The summed E-state index contributed by atoms with van der Waals surface area (Å²) in [5, 5.41) is 10.2. The first-order chi connectivity index (χ1) is 25.5. The van der Waals surface area contributed by atoms with Crippen LogP contribution in [0.4, 0.5) is 17.1 Å². The van der Waals surface area contributed by atoms with E-state index in [1.165, 1.54) is 0 Å². The molecule has 1 aromatic heterocycles. The molecule has 224 valence electrons. The standard InChI is InChI=1S/C46H29NO/c1-3-12-36-31(10-1)20-21-34-28-32(24-27-38(34)36)30-22-25-35(26-23-30)47(43-18-9-17-42-41-16-7-8-19-45(41)48-46(42)43)44-29-33-11-2-4-13-37(33)39-14-5-6-15-40(39)44/h1-29H/i22D,23D,25D,26D. The third-order valence-electron chi connectivity index (χ3n) is 9.48. The van der Waals surface area contributed by atoms with Gasteiger partial charge in [-0.25, -0.2) is 0 Å². The van der Waals surface area contributed by atoms with Crippen LogP contribution in [0.1, 0.15) is 5.48 Å². The van der Waals surface area contributed by atoms with E-state index in [1.807, 2.05) is 114 Å². The number of benzene rings is 9. The fraction of sp³-hybridized carbons (Fsp3) is 0. The highest BCUT2D eigenvalue weighted by Crippen LogP contribution is 2.46. The van der Waals surface area contributed by atoms with E-state index in [0.29, 0.717) is 16.8 Å². The zero-order valence-electron chi connectivity index (χ0n) is 29.8. The molecule has 0 aliphatic rings. The summed E-state index contributed by atoms with van der Waals surface area (Å²) in [5.41, 5.74) is 3.73. The minimum absolute atomic E-state index is 0.108. The highest BCUT2D eigenvalue weighted by Gasteiger charge is 2.22. The second kappa shape index (κ2) is 10.6. The van der Waals surface area contributed by atoms with E-state index in [0.717, 1.165) is 65.1 Å². The van der Waals surface area contributed by atoms with Crippen molar-refractivity contribution in [2.45, 2.75) is 0 Å². The number of fused-ring (bicyclic) bond motifs is 9. The van der Waals surface area contributed by atoms with E-state index < -0.39 is 0 Å². The Balaban J connectivity index is 1.27. The molecule has 0 N–H and O–H groups in total. The Morgan fingerprint density at radius 2 is 1.00 bits per heavy atom. The summed E-state index contributed by atoms with van der Waals surface area (Å²) >= 11 is 0. The molecule has 2 nitrogen and oxygen atoms in total. The zero-order valence-corrected chi connectivity index (χ0v) is 25.8. The lowest BCUT2D eigenvalue weighted by Crippen LogP contribution is -2.11. The number of hydrogen-bond acceptors (Lipinski definition) is 2. The van der Waals surface area contributed by atoms with Gasteiger partial charge in [0.2, 0.25) is 0 Å². The van der Waals surface area contributed by atoms with Crippen molar-refractivity contribution < 1.29 is 9.90 Å². The van der Waals surface area contributed by atoms with Crippen molar-refractivity contribution in [2.75, 3.05) is 4.90 Å². The normalized spacial score (nSPS) is 12.9. The first-order valence-corrected chi connectivity index (χ1v) is 16.1. The summed E-state index contributed by atoms with van der Waals surface area (Å²) in [6.07, 6.45) is 0. The minimum Gasteiger partial charge on any atom is -0.454 e. The molecule has 0 saturated heterocycles. The Hall–Kier alpha value is -6.38. The number of nitrogens with zero attached hydrogens (tertiary/aromatic N) is 1. The predicted molar refractivity (Wildman–Crippen MR) is 204 cm³/mol. The van der Waals surface area contributed by atoms with E-state index in [9.17, 15) is 5.48 Å². The average Bonchev–Trinajstić information content (AvgIpc) is 3.58. The summed E-state index contributed by atoms with van der Waals surface area (Å²) in [4.78, 5) is 1.87. The second-order valence-corrected chi connectivity index (χ2v) is 12.2. The molecule has 0 saturated carbocycles. The molecule has 10 rings (SSSR count). The number of rotatable bonds is 4. The number of anilines is 3. The van der Waals surface area contributed by atoms with Gasteiger partial charge in [0.05, 0.1) is 16.9 Å². The average molecular weight is 616 g/mol. The van der Waals surface area contributed by atoms with E-state index in [-0.39, 0.29) is 35.4 Å². The molecule has 0 spiro atoms. The van der Waals surface area contributed by atoms with Gasteiger partial charge in [-0.15, -0.1) is 0 Å². The van der Waals surface area contributed by atoms with Crippen LogP contribution in [0.5, 0.6) is 0 Å². The van der Waals surface area contributed by atoms with Crippen molar-refractivity contribution in [2.24, 2.45) is 0 Å². The van der Waals surface area contributed by atoms with Crippen LogP contribution >= 0.6 is 0 Å². The monoisotopic (exact) mass is 615 g/mol. The fourth-order valence-electron chi connectivity index (χ4n) is 7.23. The van der Waals surface area contributed by atoms with Gasteiger partial charge < -0.3 is 9.32 Å². The lowest BCUT2D eigenvalue weighted by Gasteiger charge is -2.27. The van der Waals surface area contributed by atoms with Crippen LogP contribution in [0, 0.1) is 0 Å². The maximum atomic E-state index is 9.65. The van der Waals surface area contributed by atoms with Gasteiger partial charge in [0.25, 0.3) is 0 Å². The third kappa shape index (κ3) is 4.13. The Morgan fingerprint density at radius 1 is 0.396 bits per heavy atom. The van der Waals surface area contributed by atoms with Crippen molar-refractivity contribution in [3.63, 3.8) is 0 Å². The molecule has 0 amide bonds. The fourth-order valence-corrected chi connectivity index (χ4v) is 7.23. The van der Waals surface area contributed by atoms with Crippen LogP contribution in [0.2, 0.25) is 0 Å². The lowest BCUT2D eigenvalue weighted by molar-refractivity contribution is 0.669. The Bertz CT molecular complexity index is 3060. The summed E-state index contributed by atoms with van der Waals surface area (Å²) < 4.78 is 44.8. The van der Waals surface area contributed by atoms with Crippen molar-refractivity contribution in [3.8, 4) is 11.1 Å². The van der Waals surface area contributed by atoms with Crippen LogP contribution in [0.3, 0.4) is 0 Å². The van der Waals surface area contributed by atoms with Crippen molar-refractivity contribution in [1.82, 2.24) is 0 Å². The van der Waals surface area contributed by atoms with E-state index in [1.54, 1.807) is 0 Å². The molecule has 10 aromatic rings. The molecule has 0 bridgehead atoms. The van der Waals surface area contributed by atoms with Gasteiger partial charge in [-0.05, 0) is 85.2 Å². The molecule has 0 aliphatic carbocycles. The third-order valence-corrected chi connectivity index (χ3v) is 9.48. The SMILES string of the molecule is [2H]c1c([2H])c(N(c2cc3ccccc3c3ccccc23)c2cccc3c2oc2ccccc23)c([2H])c([2H])c1-c1ccc2c(ccc3ccccc32)c1. The maximum absolute atomic E-state index is 9.65. The molecule has 0 fully saturated rings. The molecular formula is C46H29NO. The number of para-hydroxylation sites is 2. The van der Waals surface area contributed by atoms with Gasteiger partial charge in [0.15, 0.2) is 5.58 Å². The Kier molecular flexibility index (Phi) is 5.08. The summed E-state index contributed by atoms with van der Waals surface area (Å²) in [6.45, 7) is 0. The Labute approximate surface area is 283 Å². The molecule has 1 heterocycles. The van der Waals surface area contributed by atoms with Gasteiger partial charge in [0.1, 0.15) is 5.58 Å². The van der Waals surface area contributed by atoms with Crippen molar-refractivity contribution >= 4 is 82.1 Å². The second-order valence-electron chi connectivity index (χ2n) is 12.2. The van der Waals surface area contributed by atoms with E-state index in [2.05, 4.69) is 42.5 Å². The number of hydrogen-bond donors (Lipinski definition) is 0. The van der Waals surface area contributed by atoms with Crippen LogP contribution in [-0.4, -0.2) is 0 Å². The molecule has 0 radical (unpaired) electrons. The summed E-state index contributed by atoms with van der Waals surface area (Å²) in [5.74, 6) is 0.